The van der Waals surface area contributed by atoms with Crippen molar-refractivity contribution in [2.75, 3.05) is 26.2 Å². The van der Waals surface area contributed by atoms with Gasteiger partial charge in [0.05, 0.1) is 6.54 Å². The minimum absolute atomic E-state index is 0.0270. The van der Waals surface area contributed by atoms with Gasteiger partial charge in [-0.2, -0.15) is 0 Å². The van der Waals surface area contributed by atoms with Gasteiger partial charge in [0, 0.05) is 33.0 Å². The van der Waals surface area contributed by atoms with E-state index in [1.54, 1.807) is 0 Å². The molecule has 3 N–H and O–H groups in total. The first kappa shape index (κ1) is 16.1. The third kappa shape index (κ3) is 4.95. The molecule has 120 valence electrons. The zero-order chi connectivity index (χ0) is 15.8. The first-order valence-corrected chi connectivity index (χ1v) is 7.70. The highest BCUT2D eigenvalue weighted by Gasteiger charge is 2.21. The topological polar surface area (TPSA) is 74.8 Å². The van der Waals surface area contributed by atoms with Gasteiger partial charge in [-0.25, -0.2) is 4.99 Å². The monoisotopic (exact) mass is 304 g/mol. The lowest BCUT2D eigenvalue weighted by atomic mass is 10.1. The molecular weight excluding hydrogens is 280 g/mol. The van der Waals surface area contributed by atoms with Crippen molar-refractivity contribution in [3.63, 3.8) is 0 Å². The van der Waals surface area contributed by atoms with Crippen molar-refractivity contribution in [3.05, 3.63) is 29.8 Å². The van der Waals surface area contributed by atoms with Crippen molar-refractivity contribution in [2.45, 2.75) is 26.4 Å². The van der Waals surface area contributed by atoms with Gasteiger partial charge in [-0.3, -0.25) is 4.79 Å². The van der Waals surface area contributed by atoms with Gasteiger partial charge in [-0.15, -0.1) is 0 Å². The number of nitrogens with zero attached hydrogens (tertiary/aromatic N) is 1. The summed E-state index contributed by atoms with van der Waals surface area (Å²) in [6.07, 6.45) is 0.980. The Morgan fingerprint density at radius 3 is 2.77 bits per heavy atom. The van der Waals surface area contributed by atoms with E-state index < -0.39 is 0 Å². The molecule has 1 atom stereocenters. The van der Waals surface area contributed by atoms with Crippen LogP contribution in [0.1, 0.15) is 19.4 Å². The predicted octanol–water partition coefficient (Wildman–Crippen LogP) is 0.681. The largest absolute Gasteiger partial charge is 0.488 e. The first-order valence-electron chi connectivity index (χ1n) is 7.70. The van der Waals surface area contributed by atoms with Crippen molar-refractivity contribution in [3.8, 4) is 5.75 Å². The highest BCUT2D eigenvalue weighted by molar-refractivity contribution is 5.79. The van der Waals surface area contributed by atoms with E-state index in [1.165, 1.54) is 12.5 Å². The normalized spacial score (nSPS) is 16.6. The van der Waals surface area contributed by atoms with E-state index in [4.69, 9.17) is 4.74 Å². The number of hydrogen-bond donors (Lipinski definition) is 3. The van der Waals surface area contributed by atoms with Crippen LogP contribution in [0.5, 0.6) is 5.75 Å². The zero-order valence-corrected chi connectivity index (χ0v) is 13.2. The van der Waals surface area contributed by atoms with Gasteiger partial charge >= 0.3 is 0 Å². The quantitative estimate of drug-likeness (QED) is 0.410. The SMILES string of the molecule is CCNC(=NCC1Cc2ccccc2O1)NCCNC(C)=O. The van der Waals surface area contributed by atoms with Gasteiger partial charge < -0.3 is 20.7 Å². The molecule has 0 saturated carbocycles. The Labute approximate surface area is 131 Å². The third-order valence-corrected chi connectivity index (χ3v) is 3.30. The lowest BCUT2D eigenvalue weighted by molar-refractivity contribution is -0.118. The van der Waals surface area contributed by atoms with Crippen molar-refractivity contribution in [1.82, 2.24) is 16.0 Å². The number of benzene rings is 1. The number of fused-ring (bicyclic) bond motifs is 1. The summed E-state index contributed by atoms with van der Waals surface area (Å²) in [5, 5.41) is 9.12. The molecule has 0 aliphatic carbocycles. The Bertz CT molecular complexity index is 506. The first-order chi connectivity index (χ1) is 10.7. The van der Waals surface area contributed by atoms with Gasteiger partial charge in [-0.05, 0) is 18.6 Å². The van der Waals surface area contributed by atoms with Gasteiger partial charge in [0.25, 0.3) is 0 Å². The summed E-state index contributed by atoms with van der Waals surface area (Å²) >= 11 is 0. The molecule has 0 spiro atoms. The molecule has 2 rings (SSSR count). The van der Waals surface area contributed by atoms with E-state index in [-0.39, 0.29) is 12.0 Å². The van der Waals surface area contributed by atoms with Crippen LogP contribution in [-0.2, 0) is 11.2 Å². The van der Waals surface area contributed by atoms with Gasteiger partial charge in [-0.1, -0.05) is 18.2 Å². The summed E-state index contributed by atoms with van der Waals surface area (Å²) in [6.45, 7) is 6.13. The maximum absolute atomic E-state index is 10.8. The van der Waals surface area contributed by atoms with Crippen LogP contribution in [0.3, 0.4) is 0 Å². The van der Waals surface area contributed by atoms with Crippen LogP contribution in [0.15, 0.2) is 29.3 Å². The molecule has 1 unspecified atom stereocenters. The van der Waals surface area contributed by atoms with Crippen molar-refractivity contribution in [1.29, 1.82) is 0 Å². The summed E-state index contributed by atoms with van der Waals surface area (Å²) < 4.78 is 5.87. The molecule has 1 aromatic rings. The Morgan fingerprint density at radius 1 is 1.27 bits per heavy atom. The van der Waals surface area contributed by atoms with E-state index in [0.717, 1.165) is 24.7 Å². The summed E-state index contributed by atoms with van der Waals surface area (Å²) in [6, 6.07) is 8.10. The van der Waals surface area contributed by atoms with Crippen molar-refractivity contribution >= 4 is 11.9 Å². The summed E-state index contributed by atoms with van der Waals surface area (Å²) in [5.74, 6) is 1.68. The molecule has 1 aliphatic rings. The highest BCUT2D eigenvalue weighted by Crippen LogP contribution is 2.28. The Hall–Kier alpha value is -2.24. The van der Waals surface area contributed by atoms with E-state index >= 15 is 0 Å². The standard InChI is InChI=1S/C16H24N4O2/c1-3-17-16(19-9-8-18-12(2)21)20-11-14-10-13-6-4-5-7-15(13)22-14/h4-7,14H,3,8-11H2,1-2H3,(H,18,21)(H2,17,19,20). The number of carbonyl (C=O) groups is 1. The minimum atomic E-state index is -0.0270. The fraction of sp³-hybridized carbons (Fsp3) is 0.500. The molecule has 1 heterocycles. The van der Waals surface area contributed by atoms with Crippen LogP contribution in [0.2, 0.25) is 0 Å². The van der Waals surface area contributed by atoms with Crippen LogP contribution < -0.4 is 20.7 Å². The second kappa shape index (κ2) is 8.26. The van der Waals surface area contributed by atoms with E-state index in [9.17, 15) is 4.79 Å². The molecule has 6 heteroatoms. The van der Waals surface area contributed by atoms with Gasteiger partial charge in [0.2, 0.25) is 5.91 Å². The molecule has 1 aliphatic heterocycles. The molecule has 0 aromatic heterocycles. The fourth-order valence-corrected chi connectivity index (χ4v) is 2.31. The average molecular weight is 304 g/mol. The molecule has 22 heavy (non-hydrogen) atoms. The molecule has 0 radical (unpaired) electrons. The number of ether oxygens (including phenoxy) is 1. The number of para-hydroxylation sites is 1. The van der Waals surface area contributed by atoms with Crippen LogP contribution in [0.4, 0.5) is 0 Å². The Morgan fingerprint density at radius 2 is 2.05 bits per heavy atom. The smallest absolute Gasteiger partial charge is 0.216 e. The van der Waals surface area contributed by atoms with Crippen molar-refractivity contribution < 1.29 is 9.53 Å². The average Bonchev–Trinajstić information content (AvgIpc) is 2.91. The molecule has 0 saturated heterocycles. The molecule has 0 fully saturated rings. The lowest BCUT2D eigenvalue weighted by Crippen LogP contribution is -2.41. The number of nitrogens with one attached hydrogen (secondary N) is 3. The number of rotatable bonds is 6. The maximum atomic E-state index is 10.8. The Balaban J connectivity index is 1.79. The molecular formula is C16H24N4O2. The third-order valence-electron chi connectivity index (χ3n) is 3.30. The summed E-state index contributed by atoms with van der Waals surface area (Å²) in [4.78, 5) is 15.4. The van der Waals surface area contributed by atoms with Crippen molar-refractivity contribution in [2.24, 2.45) is 4.99 Å². The number of aliphatic imine (C=N–C) groups is 1. The molecule has 6 nitrogen and oxygen atoms in total. The van der Waals surface area contributed by atoms with Gasteiger partial charge in [0.1, 0.15) is 11.9 Å². The number of guanidine groups is 1. The van der Waals surface area contributed by atoms with Gasteiger partial charge in [0.15, 0.2) is 5.96 Å². The second-order valence-electron chi connectivity index (χ2n) is 5.18. The second-order valence-corrected chi connectivity index (χ2v) is 5.18. The number of carbonyl (C=O) groups excluding carboxylic acids is 1. The van der Waals surface area contributed by atoms with E-state index in [1.807, 2.05) is 25.1 Å². The fourth-order valence-electron chi connectivity index (χ4n) is 2.31. The maximum Gasteiger partial charge on any atom is 0.216 e. The summed E-state index contributed by atoms with van der Waals surface area (Å²) in [5.41, 5.74) is 1.24. The Kier molecular flexibility index (Phi) is 6.06. The van der Waals surface area contributed by atoms with Crippen LogP contribution >= 0.6 is 0 Å². The van der Waals surface area contributed by atoms with Crippen LogP contribution in [0.25, 0.3) is 0 Å². The minimum Gasteiger partial charge on any atom is -0.488 e. The highest BCUT2D eigenvalue weighted by atomic mass is 16.5. The number of amides is 1. The lowest BCUT2D eigenvalue weighted by Gasteiger charge is -2.13. The number of hydrogen-bond acceptors (Lipinski definition) is 3. The van der Waals surface area contributed by atoms with Crippen LogP contribution in [0, 0.1) is 0 Å². The zero-order valence-electron chi connectivity index (χ0n) is 13.2. The van der Waals surface area contributed by atoms with E-state index in [2.05, 4.69) is 27.0 Å². The molecule has 1 amide bonds. The predicted molar refractivity (Wildman–Crippen MR) is 87.2 cm³/mol. The summed E-state index contributed by atoms with van der Waals surface area (Å²) in [7, 11) is 0. The molecule has 1 aromatic carbocycles. The van der Waals surface area contributed by atoms with E-state index in [0.29, 0.717) is 19.6 Å². The van der Waals surface area contributed by atoms with Crippen LogP contribution in [-0.4, -0.2) is 44.1 Å². The molecule has 0 bridgehead atoms.